The lowest BCUT2D eigenvalue weighted by atomic mass is 10.3. The molecule has 0 saturated carbocycles. The van der Waals surface area contributed by atoms with Crippen LogP contribution < -0.4 is 10.6 Å². The number of unbranched alkanes of at least 4 members (excludes halogenated alkanes) is 1. The Morgan fingerprint density at radius 2 is 2.33 bits per heavy atom. The molecule has 0 spiro atoms. The van der Waals surface area contributed by atoms with Gasteiger partial charge in [0.2, 0.25) is 0 Å². The summed E-state index contributed by atoms with van der Waals surface area (Å²) in [6, 6.07) is 1.45. The molecule has 0 unspecified atom stereocenters. The fourth-order valence-electron chi connectivity index (χ4n) is 0.990. The van der Waals surface area contributed by atoms with Crippen molar-refractivity contribution in [2.24, 2.45) is 0 Å². The van der Waals surface area contributed by atoms with Crippen LogP contribution in [0.25, 0.3) is 0 Å². The van der Waals surface area contributed by atoms with Crippen molar-refractivity contribution < 1.29 is 9.90 Å². The van der Waals surface area contributed by atoms with E-state index in [0.29, 0.717) is 23.0 Å². The minimum absolute atomic E-state index is 0.156. The van der Waals surface area contributed by atoms with Gasteiger partial charge in [0.25, 0.3) is 0 Å². The fourth-order valence-corrected chi connectivity index (χ4v) is 1.80. The average Bonchev–Trinajstić information content (AvgIpc) is 2.59. The zero-order chi connectivity index (χ0) is 11.1. The molecule has 3 N–H and O–H groups in total. The van der Waals surface area contributed by atoms with Gasteiger partial charge in [-0.05, 0) is 18.9 Å². The molecule has 84 valence electrons. The molecule has 0 atom stereocenters. The second-order valence-corrected chi connectivity index (χ2v) is 4.49. The number of thiophene rings is 1. The van der Waals surface area contributed by atoms with Gasteiger partial charge in [0.05, 0.1) is 10.0 Å². The lowest BCUT2D eigenvalue weighted by Gasteiger charge is -2.04. The summed E-state index contributed by atoms with van der Waals surface area (Å²) in [7, 11) is 0. The van der Waals surface area contributed by atoms with Crippen molar-refractivity contribution in [2.75, 3.05) is 18.5 Å². The molecule has 2 amide bonds. The maximum absolute atomic E-state index is 11.3. The molecule has 1 heterocycles. The maximum Gasteiger partial charge on any atom is 0.319 e. The Labute approximate surface area is 97.3 Å². The number of hydrogen-bond acceptors (Lipinski definition) is 3. The Morgan fingerprint density at radius 1 is 1.53 bits per heavy atom. The standard InChI is InChI=1S/C9H13ClN2O2S/c10-8-5-7(6-15-8)12-9(14)11-3-1-2-4-13/h5-6,13H,1-4H2,(H2,11,12,14). The first-order chi connectivity index (χ1) is 7.22. The average molecular weight is 249 g/mol. The summed E-state index contributed by atoms with van der Waals surface area (Å²) in [5.74, 6) is 0. The molecule has 15 heavy (non-hydrogen) atoms. The number of halogens is 1. The van der Waals surface area contributed by atoms with E-state index in [4.69, 9.17) is 16.7 Å². The highest BCUT2D eigenvalue weighted by Gasteiger charge is 2.02. The third kappa shape index (κ3) is 5.01. The molecule has 1 aromatic heterocycles. The van der Waals surface area contributed by atoms with Crippen LogP contribution in [0.4, 0.5) is 10.5 Å². The molecular weight excluding hydrogens is 236 g/mol. The lowest BCUT2D eigenvalue weighted by Crippen LogP contribution is -2.29. The first-order valence-corrected chi connectivity index (χ1v) is 5.88. The van der Waals surface area contributed by atoms with E-state index in [2.05, 4.69) is 10.6 Å². The van der Waals surface area contributed by atoms with E-state index >= 15 is 0 Å². The highest BCUT2D eigenvalue weighted by Crippen LogP contribution is 2.23. The van der Waals surface area contributed by atoms with Crippen LogP contribution in [0, 0.1) is 0 Å². The normalized spacial score (nSPS) is 10.0. The predicted octanol–water partition coefficient (Wildman–Crippen LogP) is 2.30. The summed E-state index contributed by atoms with van der Waals surface area (Å²) in [5, 5.41) is 15.6. The number of hydrogen-bond donors (Lipinski definition) is 3. The topological polar surface area (TPSA) is 61.4 Å². The van der Waals surface area contributed by atoms with Gasteiger partial charge >= 0.3 is 6.03 Å². The Bertz CT molecular complexity index is 317. The van der Waals surface area contributed by atoms with Gasteiger partial charge in [-0.15, -0.1) is 11.3 Å². The van der Waals surface area contributed by atoms with Gasteiger partial charge in [-0.2, -0.15) is 0 Å². The van der Waals surface area contributed by atoms with E-state index in [1.807, 2.05) is 0 Å². The van der Waals surface area contributed by atoms with E-state index in [1.54, 1.807) is 11.4 Å². The van der Waals surface area contributed by atoms with E-state index < -0.39 is 0 Å². The molecule has 0 fully saturated rings. The van der Waals surface area contributed by atoms with Crippen LogP contribution in [-0.2, 0) is 0 Å². The van der Waals surface area contributed by atoms with Crippen LogP contribution in [-0.4, -0.2) is 24.3 Å². The molecule has 0 aliphatic heterocycles. The lowest BCUT2D eigenvalue weighted by molar-refractivity contribution is 0.250. The van der Waals surface area contributed by atoms with Crippen LogP contribution in [0.3, 0.4) is 0 Å². The largest absolute Gasteiger partial charge is 0.396 e. The summed E-state index contributed by atoms with van der Waals surface area (Å²) in [6.07, 6.45) is 1.47. The van der Waals surface area contributed by atoms with Crippen molar-refractivity contribution in [3.8, 4) is 0 Å². The van der Waals surface area contributed by atoms with Crippen molar-refractivity contribution in [3.05, 3.63) is 15.8 Å². The molecule has 1 aromatic rings. The number of urea groups is 1. The minimum Gasteiger partial charge on any atom is -0.396 e. The number of anilines is 1. The van der Waals surface area contributed by atoms with Crippen LogP contribution in [0.2, 0.25) is 4.34 Å². The zero-order valence-corrected chi connectivity index (χ0v) is 9.70. The van der Waals surface area contributed by atoms with E-state index in [-0.39, 0.29) is 12.6 Å². The number of rotatable bonds is 5. The van der Waals surface area contributed by atoms with Crippen LogP contribution in [0.1, 0.15) is 12.8 Å². The third-order valence-corrected chi connectivity index (χ3v) is 2.79. The van der Waals surface area contributed by atoms with Crippen molar-refractivity contribution in [3.63, 3.8) is 0 Å². The van der Waals surface area contributed by atoms with Gasteiger partial charge in [-0.1, -0.05) is 11.6 Å². The van der Waals surface area contributed by atoms with Crippen LogP contribution in [0.5, 0.6) is 0 Å². The highest BCUT2D eigenvalue weighted by atomic mass is 35.5. The molecule has 0 bridgehead atoms. The molecule has 1 rings (SSSR count). The van der Waals surface area contributed by atoms with E-state index in [0.717, 1.165) is 6.42 Å². The Kier molecular flexibility index (Phi) is 5.45. The molecule has 0 radical (unpaired) electrons. The molecule has 0 saturated heterocycles. The molecule has 0 aliphatic rings. The maximum atomic E-state index is 11.3. The Morgan fingerprint density at radius 3 is 2.93 bits per heavy atom. The summed E-state index contributed by atoms with van der Waals surface area (Å²) in [4.78, 5) is 11.3. The van der Waals surface area contributed by atoms with E-state index in [1.165, 1.54) is 11.3 Å². The second kappa shape index (κ2) is 6.66. The first-order valence-electron chi connectivity index (χ1n) is 4.62. The first kappa shape index (κ1) is 12.3. The number of aliphatic hydroxyl groups is 1. The molecule has 4 nitrogen and oxygen atoms in total. The molecular formula is C9H13ClN2O2S. The van der Waals surface area contributed by atoms with E-state index in [9.17, 15) is 4.79 Å². The quantitative estimate of drug-likeness (QED) is 0.701. The molecule has 6 heteroatoms. The molecule has 0 aliphatic carbocycles. The third-order valence-electron chi connectivity index (χ3n) is 1.70. The smallest absolute Gasteiger partial charge is 0.319 e. The number of aliphatic hydroxyl groups excluding tert-OH is 1. The number of nitrogens with one attached hydrogen (secondary N) is 2. The Balaban J connectivity index is 2.18. The zero-order valence-electron chi connectivity index (χ0n) is 8.12. The van der Waals surface area contributed by atoms with Gasteiger partial charge in [0.1, 0.15) is 0 Å². The number of carbonyl (C=O) groups excluding carboxylic acids is 1. The predicted molar refractivity (Wildman–Crippen MR) is 62.7 cm³/mol. The molecule has 0 aromatic carbocycles. The van der Waals surface area contributed by atoms with Crippen molar-refractivity contribution in [1.29, 1.82) is 0 Å². The minimum atomic E-state index is -0.248. The van der Waals surface area contributed by atoms with Crippen molar-refractivity contribution >= 4 is 34.7 Å². The number of carbonyl (C=O) groups is 1. The van der Waals surface area contributed by atoms with Gasteiger partial charge in [-0.25, -0.2) is 4.79 Å². The van der Waals surface area contributed by atoms with Crippen molar-refractivity contribution in [1.82, 2.24) is 5.32 Å². The summed E-state index contributed by atoms with van der Waals surface area (Å²) >= 11 is 7.08. The fraction of sp³-hybridized carbons (Fsp3) is 0.444. The second-order valence-electron chi connectivity index (χ2n) is 2.95. The SMILES string of the molecule is O=C(NCCCCO)Nc1csc(Cl)c1. The summed E-state index contributed by atoms with van der Waals surface area (Å²) in [6.45, 7) is 0.716. The van der Waals surface area contributed by atoms with Crippen molar-refractivity contribution in [2.45, 2.75) is 12.8 Å². The van der Waals surface area contributed by atoms with Gasteiger partial charge < -0.3 is 15.7 Å². The Hall–Kier alpha value is -0.780. The van der Waals surface area contributed by atoms with Crippen LogP contribution in [0.15, 0.2) is 11.4 Å². The van der Waals surface area contributed by atoms with Crippen LogP contribution >= 0.6 is 22.9 Å². The monoisotopic (exact) mass is 248 g/mol. The number of amides is 2. The van der Waals surface area contributed by atoms with Gasteiger partial charge in [0.15, 0.2) is 0 Å². The highest BCUT2D eigenvalue weighted by molar-refractivity contribution is 7.14. The van der Waals surface area contributed by atoms with Gasteiger partial charge in [-0.3, -0.25) is 0 Å². The summed E-state index contributed by atoms with van der Waals surface area (Å²) < 4.78 is 0.644. The summed E-state index contributed by atoms with van der Waals surface area (Å²) in [5.41, 5.74) is 0.699. The van der Waals surface area contributed by atoms with Gasteiger partial charge in [0, 0.05) is 18.5 Å².